The van der Waals surface area contributed by atoms with Crippen LogP contribution in [0.2, 0.25) is 0 Å². The van der Waals surface area contributed by atoms with Crippen LogP contribution in [0.3, 0.4) is 0 Å². The van der Waals surface area contributed by atoms with E-state index >= 15 is 0 Å². The number of hydrogen-bond donors (Lipinski definition) is 0. The molecule has 0 aliphatic heterocycles. The zero-order valence-electron chi connectivity index (χ0n) is 8.77. The van der Waals surface area contributed by atoms with E-state index < -0.39 is 11.6 Å². The van der Waals surface area contributed by atoms with Gasteiger partial charge in [0, 0.05) is 6.92 Å². The highest BCUT2D eigenvalue weighted by atomic mass is 19.2. The van der Waals surface area contributed by atoms with Gasteiger partial charge >= 0.3 is 0 Å². The van der Waals surface area contributed by atoms with Crippen LogP contribution in [-0.4, -0.2) is 4.98 Å². The van der Waals surface area contributed by atoms with Crippen molar-refractivity contribution in [1.29, 1.82) is 0 Å². The van der Waals surface area contributed by atoms with Crippen LogP contribution in [0.25, 0.3) is 11.1 Å². The van der Waals surface area contributed by atoms with Gasteiger partial charge in [0.15, 0.2) is 17.3 Å². The normalized spacial score (nSPS) is 11.6. The second kappa shape index (κ2) is 3.29. The van der Waals surface area contributed by atoms with Crippen LogP contribution in [0.5, 0.6) is 0 Å². The van der Waals surface area contributed by atoms with Crippen molar-refractivity contribution in [3.63, 3.8) is 0 Å². The highest BCUT2D eigenvalue weighted by Gasteiger charge is 2.18. The van der Waals surface area contributed by atoms with Crippen LogP contribution in [0.15, 0.2) is 10.5 Å². The number of oxazole rings is 1. The van der Waals surface area contributed by atoms with Crippen molar-refractivity contribution in [3.05, 3.63) is 29.2 Å². The van der Waals surface area contributed by atoms with Crippen LogP contribution in [-0.2, 0) is 0 Å². The molecule has 0 amide bonds. The molecule has 2 nitrogen and oxygen atoms in total. The quantitative estimate of drug-likeness (QED) is 0.721. The van der Waals surface area contributed by atoms with Crippen molar-refractivity contribution in [3.8, 4) is 0 Å². The first-order valence-corrected chi connectivity index (χ1v) is 4.75. The number of rotatable bonds is 1. The molecule has 0 spiro atoms. The number of aryl methyl sites for hydroxylation is 1. The van der Waals surface area contributed by atoms with Crippen molar-refractivity contribution in [1.82, 2.24) is 4.98 Å². The number of benzene rings is 1. The molecule has 0 saturated carbocycles. The molecule has 0 fully saturated rings. The molecule has 2 rings (SSSR count). The minimum absolute atomic E-state index is 0.0760. The molecule has 0 bridgehead atoms. The second-order valence-corrected chi connectivity index (χ2v) is 3.83. The summed E-state index contributed by atoms with van der Waals surface area (Å²) in [4.78, 5) is 4.06. The lowest BCUT2D eigenvalue weighted by Gasteiger charge is -2.05. The standard InChI is InChI=1S/C11H11F2NO/c1-5(2)7-4-8(12)9(13)11-10(7)14-6(3)15-11/h4-5H,1-3H3. The molecule has 0 saturated heterocycles. The Kier molecular flexibility index (Phi) is 2.21. The van der Waals surface area contributed by atoms with Gasteiger partial charge in [-0.3, -0.25) is 0 Å². The van der Waals surface area contributed by atoms with E-state index in [-0.39, 0.29) is 11.5 Å². The Bertz CT molecular complexity index is 517. The van der Waals surface area contributed by atoms with Crippen LogP contribution in [0.4, 0.5) is 8.78 Å². The number of hydrogen-bond acceptors (Lipinski definition) is 2. The van der Waals surface area contributed by atoms with E-state index in [1.165, 1.54) is 6.07 Å². The summed E-state index contributed by atoms with van der Waals surface area (Å²) in [6.45, 7) is 5.41. The average Bonchev–Trinajstić information content (AvgIpc) is 2.53. The van der Waals surface area contributed by atoms with Crippen molar-refractivity contribution >= 4 is 11.1 Å². The minimum atomic E-state index is -0.963. The van der Waals surface area contributed by atoms with Crippen molar-refractivity contribution in [2.45, 2.75) is 26.7 Å². The Labute approximate surface area is 85.9 Å². The summed E-state index contributed by atoms with van der Waals surface area (Å²) in [6, 6.07) is 1.18. The van der Waals surface area contributed by atoms with Crippen molar-refractivity contribution < 1.29 is 13.2 Å². The van der Waals surface area contributed by atoms with Crippen molar-refractivity contribution in [2.75, 3.05) is 0 Å². The third-order valence-electron chi connectivity index (χ3n) is 2.32. The molecule has 1 aromatic heterocycles. The predicted molar refractivity (Wildman–Crippen MR) is 52.8 cm³/mol. The van der Waals surface area contributed by atoms with Gasteiger partial charge in [0.05, 0.1) is 0 Å². The minimum Gasteiger partial charge on any atom is -0.438 e. The molecule has 1 heterocycles. The molecule has 15 heavy (non-hydrogen) atoms. The molecule has 4 heteroatoms. The Balaban J connectivity index is 2.87. The lowest BCUT2D eigenvalue weighted by molar-refractivity contribution is 0.481. The van der Waals surface area contributed by atoms with E-state index in [9.17, 15) is 8.78 Å². The van der Waals surface area contributed by atoms with Crippen molar-refractivity contribution in [2.24, 2.45) is 0 Å². The predicted octanol–water partition coefficient (Wildman–Crippen LogP) is 3.54. The second-order valence-electron chi connectivity index (χ2n) is 3.83. The van der Waals surface area contributed by atoms with E-state index in [0.717, 1.165) is 0 Å². The molecule has 0 N–H and O–H groups in total. The fourth-order valence-corrected chi connectivity index (χ4v) is 1.59. The highest BCUT2D eigenvalue weighted by Crippen LogP contribution is 2.29. The molecular weight excluding hydrogens is 200 g/mol. The van der Waals surface area contributed by atoms with E-state index in [4.69, 9.17) is 4.42 Å². The first-order valence-electron chi connectivity index (χ1n) is 4.75. The molecule has 0 aliphatic rings. The third kappa shape index (κ3) is 1.50. The zero-order chi connectivity index (χ0) is 11.2. The van der Waals surface area contributed by atoms with Crippen LogP contribution in [0.1, 0.15) is 31.2 Å². The summed E-state index contributed by atoms with van der Waals surface area (Å²) < 4.78 is 31.6. The maximum Gasteiger partial charge on any atom is 0.203 e. The van der Waals surface area contributed by atoms with Gasteiger partial charge in [0.2, 0.25) is 5.82 Å². The summed E-state index contributed by atoms with van der Waals surface area (Å²) in [6.07, 6.45) is 0. The number of nitrogens with zero attached hydrogens (tertiary/aromatic N) is 1. The fraction of sp³-hybridized carbons (Fsp3) is 0.364. The summed E-state index contributed by atoms with van der Waals surface area (Å²) >= 11 is 0. The smallest absolute Gasteiger partial charge is 0.203 e. The molecule has 1 aromatic carbocycles. The largest absolute Gasteiger partial charge is 0.438 e. The molecular formula is C11H11F2NO. The van der Waals surface area contributed by atoms with E-state index in [2.05, 4.69) is 4.98 Å². The molecule has 80 valence electrons. The van der Waals surface area contributed by atoms with Crippen LogP contribution < -0.4 is 0 Å². The Morgan fingerprint density at radius 3 is 2.60 bits per heavy atom. The summed E-state index contributed by atoms with van der Waals surface area (Å²) in [5.74, 6) is -1.43. The Hall–Kier alpha value is -1.45. The SMILES string of the molecule is Cc1nc2c(C(C)C)cc(F)c(F)c2o1. The third-order valence-corrected chi connectivity index (χ3v) is 2.32. The topological polar surface area (TPSA) is 26.0 Å². The van der Waals surface area contributed by atoms with Crippen LogP contribution in [0, 0.1) is 18.6 Å². The van der Waals surface area contributed by atoms with Gasteiger partial charge in [0.1, 0.15) is 5.52 Å². The van der Waals surface area contributed by atoms with Gasteiger partial charge in [-0.2, -0.15) is 4.39 Å². The van der Waals surface area contributed by atoms with E-state index in [0.29, 0.717) is 17.0 Å². The number of aromatic nitrogens is 1. The Morgan fingerprint density at radius 1 is 1.33 bits per heavy atom. The summed E-state index contributed by atoms with van der Waals surface area (Å²) in [5, 5.41) is 0. The first-order chi connectivity index (χ1) is 7.00. The van der Waals surface area contributed by atoms with Gasteiger partial charge in [-0.25, -0.2) is 9.37 Å². The van der Waals surface area contributed by atoms with Gasteiger partial charge in [-0.15, -0.1) is 0 Å². The lowest BCUT2D eigenvalue weighted by atomic mass is 10.0. The van der Waals surface area contributed by atoms with E-state index in [1.54, 1.807) is 6.92 Å². The first kappa shape index (κ1) is 10.1. The summed E-state index contributed by atoms with van der Waals surface area (Å²) in [7, 11) is 0. The summed E-state index contributed by atoms with van der Waals surface area (Å²) in [5.41, 5.74) is 0.998. The highest BCUT2D eigenvalue weighted by molar-refractivity contribution is 5.78. The van der Waals surface area contributed by atoms with Gasteiger partial charge in [-0.1, -0.05) is 13.8 Å². The van der Waals surface area contributed by atoms with Crippen LogP contribution >= 0.6 is 0 Å². The van der Waals surface area contributed by atoms with Gasteiger partial charge in [0.25, 0.3) is 0 Å². The number of halogens is 2. The fourth-order valence-electron chi connectivity index (χ4n) is 1.59. The average molecular weight is 211 g/mol. The lowest BCUT2D eigenvalue weighted by Crippen LogP contribution is -1.94. The number of fused-ring (bicyclic) bond motifs is 1. The maximum atomic E-state index is 13.3. The molecule has 0 unspecified atom stereocenters. The Morgan fingerprint density at radius 2 is 2.00 bits per heavy atom. The monoisotopic (exact) mass is 211 g/mol. The van der Waals surface area contributed by atoms with Gasteiger partial charge < -0.3 is 4.42 Å². The molecule has 0 aliphatic carbocycles. The molecule has 2 aromatic rings. The maximum absolute atomic E-state index is 13.3. The van der Waals surface area contributed by atoms with E-state index in [1.807, 2.05) is 13.8 Å². The molecule has 0 atom stereocenters. The zero-order valence-corrected chi connectivity index (χ0v) is 8.77. The van der Waals surface area contributed by atoms with Gasteiger partial charge in [-0.05, 0) is 17.5 Å². The molecule has 0 radical (unpaired) electrons.